The van der Waals surface area contributed by atoms with Crippen LogP contribution in [0.15, 0.2) is 11.6 Å². The molecule has 94 valence electrons. The molecule has 0 unspecified atom stereocenters. The van der Waals surface area contributed by atoms with Crippen LogP contribution in [0.25, 0.3) is 0 Å². The van der Waals surface area contributed by atoms with Gasteiger partial charge in [-0.15, -0.1) is 0 Å². The van der Waals surface area contributed by atoms with Crippen molar-refractivity contribution in [2.45, 2.75) is 46.1 Å². The predicted octanol–water partition coefficient (Wildman–Crippen LogP) is 2.23. The van der Waals surface area contributed by atoms with Crippen LogP contribution in [0.4, 0.5) is 4.79 Å². The van der Waals surface area contributed by atoms with Gasteiger partial charge >= 0.3 is 6.09 Å². The summed E-state index contributed by atoms with van der Waals surface area (Å²) < 4.78 is 5.09. The third-order valence-electron chi connectivity index (χ3n) is 1.86. The van der Waals surface area contributed by atoms with Crippen LogP contribution in [-0.4, -0.2) is 30.0 Å². The maximum atomic E-state index is 11.2. The van der Waals surface area contributed by atoms with Gasteiger partial charge in [0.25, 0.3) is 0 Å². The van der Waals surface area contributed by atoms with Crippen LogP contribution in [0, 0.1) is 0 Å². The standard InChI is InChI=1S/C12H23NO3/c1-10(7-9-14)6-5-8-13-11(15)16-12(2,3)4/h7,14H,5-6,8-9H2,1-4H3,(H,13,15). The quantitative estimate of drug-likeness (QED) is 0.561. The van der Waals surface area contributed by atoms with Gasteiger partial charge in [0.1, 0.15) is 5.60 Å². The van der Waals surface area contributed by atoms with E-state index >= 15 is 0 Å². The molecule has 0 aromatic carbocycles. The molecule has 4 nitrogen and oxygen atoms in total. The SMILES string of the molecule is CC(=CCO)CCCNC(=O)OC(C)(C)C. The summed E-state index contributed by atoms with van der Waals surface area (Å²) >= 11 is 0. The van der Waals surface area contributed by atoms with Crippen molar-refractivity contribution in [3.63, 3.8) is 0 Å². The Bertz CT molecular complexity index is 241. The lowest BCUT2D eigenvalue weighted by Crippen LogP contribution is -2.33. The van der Waals surface area contributed by atoms with Crippen molar-refractivity contribution in [3.8, 4) is 0 Å². The van der Waals surface area contributed by atoms with Crippen molar-refractivity contribution in [2.75, 3.05) is 13.2 Å². The molecule has 0 aromatic heterocycles. The number of aliphatic hydroxyl groups excluding tert-OH is 1. The molecule has 0 saturated carbocycles. The average molecular weight is 229 g/mol. The summed E-state index contributed by atoms with van der Waals surface area (Å²) in [6.07, 6.45) is 3.11. The Hall–Kier alpha value is -1.03. The van der Waals surface area contributed by atoms with Crippen LogP contribution in [0.2, 0.25) is 0 Å². The highest BCUT2D eigenvalue weighted by atomic mass is 16.6. The Kier molecular flexibility index (Phi) is 6.81. The van der Waals surface area contributed by atoms with E-state index in [0.29, 0.717) is 6.54 Å². The van der Waals surface area contributed by atoms with Gasteiger partial charge in [0.2, 0.25) is 0 Å². The van der Waals surface area contributed by atoms with E-state index in [1.54, 1.807) is 6.08 Å². The lowest BCUT2D eigenvalue weighted by molar-refractivity contribution is 0.0527. The average Bonchev–Trinajstić information content (AvgIpc) is 2.10. The lowest BCUT2D eigenvalue weighted by atomic mass is 10.1. The highest BCUT2D eigenvalue weighted by Gasteiger charge is 2.15. The molecule has 16 heavy (non-hydrogen) atoms. The minimum atomic E-state index is -0.448. The normalized spacial score (nSPS) is 12.4. The van der Waals surface area contributed by atoms with E-state index in [1.165, 1.54) is 0 Å². The number of amides is 1. The van der Waals surface area contributed by atoms with E-state index in [4.69, 9.17) is 9.84 Å². The fourth-order valence-electron chi connectivity index (χ4n) is 1.13. The summed E-state index contributed by atoms with van der Waals surface area (Å²) in [5.74, 6) is 0. The Morgan fingerprint density at radius 2 is 2.06 bits per heavy atom. The van der Waals surface area contributed by atoms with Gasteiger partial charge in [0, 0.05) is 6.54 Å². The molecule has 0 radical (unpaired) electrons. The van der Waals surface area contributed by atoms with Gasteiger partial charge in [-0.2, -0.15) is 0 Å². The second kappa shape index (κ2) is 7.28. The number of alkyl carbamates (subject to hydrolysis) is 1. The Morgan fingerprint density at radius 3 is 2.56 bits per heavy atom. The number of hydrogen-bond donors (Lipinski definition) is 2. The summed E-state index contributed by atoms with van der Waals surface area (Å²) in [5, 5.41) is 11.3. The smallest absolute Gasteiger partial charge is 0.407 e. The van der Waals surface area contributed by atoms with Crippen LogP contribution < -0.4 is 5.32 Å². The van der Waals surface area contributed by atoms with Gasteiger partial charge in [-0.1, -0.05) is 11.6 Å². The Balaban J connectivity index is 3.60. The van der Waals surface area contributed by atoms with E-state index in [-0.39, 0.29) is 12.7 Å². The van der Waals surface area contributed by atoms with Gasteiger partial charge in [0.05, 0.1) is 6.61 Å². The molecule has 0 heterocycles. The van der Waals surface area contributed by atoms with E-state index in [0.717, 1.165) is 18.4 Å². The molecule has 1 amide bonds. The monoisotopic (exact) mass is 229 g/mol. The van der Waals surface area contributed by atoms with Crippen molar-refractivity contribution >= 4 is 6.09 Å². The molecule has 0 rings (SSSR count). The molecular weight excluding hydrogens is 206 g/mol. The molecule has 0 bridgehead atoms. The summed E-state index contributed by atoms with van der Waals surface area (Å²) in [4.78, 5) is 11.2. The molecular formula is C12H23NO3. The van der Waals surface area contributed by atoms with Crippen LogP contribution in [0.3, 0.4) is 0 Å². The molecule has 0 saturated heterocycles. The number of allylic oxidation sites excluding steroid dienone is 1. The number of carbonyl (C=O) groups is 1. The molecule has 0 aliphatic heterocycles. The fourth-order valence-corrected chi connectivity index (χ4v) is 1.13. The first-order valence-electron chi connectivity index (χ1n) is 5.58. The largest absolute Gasteiger partial charge is 0.444 e. The Labute approximate surface area is 97.7 Å². The van der Waals surface area contributed by atoms with Crippen molar-refractivity contribution in [1.82, 2.24) is 5.32 Å². The number of aliphatic hydroxyl groups is 1. The van der Waals surface area contributed by atoms with Gasteiger partial charge in [-0.25, -0.2) is 4.79 Å². The molecule has 0 aliphatic carbocycles. The van der Waals surface area contributed by atoms with Crippen LogP contribution in [0.1, 0.15) is 40.5 Å². The van der Waals surface area contributed by atoms with Crippen LogP contribution in [-0.2, 0) is 4.74 Å². The highest BCUT2D eigenvalue weighted by Crippen LogP contribution is 2.07. The lowest BCUT2D eigenvalue weighted by Gasteiger charge is -2.19. The molecule has 0 atom stereocenters. The van der Waals surface area contributed by atoms with Gasteiger partial charge in [-0.3, -0.25) is 0 Å². The van der Waals surface area contributed by atoms with E-state index in [2.05, 4.69) is 5.32 Å². The zero-order valence-corrected chi connectivity index (χ0v) is 10.7. The second-order valence-electron chi connectivity index (χ2n) is 4.77. The first-order valence-corrected chi connectivity index (χ1v) is 5.58. The number of rotatable bonds is 5. The van der Waals surface area contributed by atoms with Gasteiger partial charge in [0.15, 0.2) is 0 Å². The number of nitrogens with one attached hydrogen (secondary N) is 1. The summed E-state index contributed by atoms with van der Waals surface area (Å²) in [5.41, 5.74) is 0.685. The summed E-state index contributed by atoms with van der Waals surface area (Å²) in [6, 6.07) is 0. The number of carbonyl (C=O) groups excluding carboxylic acids is 1. The molecule has 0 spiro atoms. The third-order valence-corrected chi connectivity index (χ3v) is 1.86. The van der Waals surface area contributed by atoms with E-state index in [1.807, 2.05) is 27.7 Å². The first-order chi connectivity index (χ1) is 7.35. The topological polar surface area (TPSA) is 58.6 Å². The summed E-state index contributed by atoms with van der Waals surface area (Å²) in [6.45, 7) is 8.13. The van der Waals surface area contributed by atoms with Gasteiger partial charge in [-0.05, 0) is 40.5 Å². The highest BCUT2D eigenvalue weighted by molar-refractivity contribution is 5.67. The van der Waals surface area contributed by atoms with Crippen LogP contribution >= 0.6 is 0 Å². The maximum Gasteiger partial charge on any atom is 0.407 e. The molecule has 0 fully saturated rings. The predicted molar refractivity (Wildman–Crippen MR) is 64.3 cm³/mol. The fraction of sp³-hybridized carbons (Fsp3) is 0.750. The minimum absolute atomic E-state index is 0.0747. The first kappa shape index (κ1) is 15.0. The Morgan fingerprint density at radius 1 is 1.44 bits per heavy atom. The molecule has 0 aromatic rings. The molecule has 2 N–H and O–H groups in total. The van der Waals surface area contributed by atoms with Crippen molar-refractivity contribution in [3.05, 3.63) is 11.6 Å². The maximum absolute atomic E-state index is 11.2. The van der Waals surface area contributed by atoms with Crippen molar-refractivity contribution in [1.29, 1.82) is 0 Å². The number of hydrogen-bond acceptors (Lipinski definition) is 3. The minimum Gasteiger partial charge on any atom is -0.444 e. The third kappa shape index (κ3) is 9.52. The van der Waals surface area contributed by atoms with Crippen molar-refractivity contribution in [2.24, 2.45) is 0 Å². The van der Waals surface area contributed by atoms with Crippen molar-refractivity contribution < 1.29 is 14.6 Å². The zero-order chi connectivity index (χ0) is 12.6. The van der Waals surface area contributed by atoms with E-state index < -0.39 is 5.60 Å². The van der Waals surface area contributed by atoms with Crippen LogP contribution in [0.5, 0.6) is 0 Å². The molecule has 4 heteroatoms. The van der Waals surface area contributed by atoms with E-state index in [9.17, 15) is 4.79 Å². The molecule has 0 aliphatic rings. The van der Waals surface area contributed by atoms with Gasteiger partial charge < -0.3 is 15.2 Å². The number of ether oxygens (including phenoxy) is 1. The summed E-state index contributed by atoms with van der Waals surface area (Å²) in [7, 11) is 0. The second-order valence-corrected chi connectivity index (χ2v) is 4.77. The zero-order valence-electron chi connectivity index (χ0n) is 10.7.